The molecule has 4 nitrogen and oxygen atoms in total. The Bertz CT molecular complexity index is 1040. The fraction of sp³-hybridized carbons (Fsp3) is 0.182. The molecule has 29 heavy (non-hydrogen) atoms. The summed E-state index contributed by atoms with van der Waals surface area (Å²) in [5.41, 5.74) is 1.70. The molecule has 3 aromatic rings. The van der Waals surface area contributed by atoms with E-state index in [0.717, 1.165) is 28.8 Å². The van der Waals surface area contributed by atoms with Crippen molar-refractivity contribution in [2.24, 2.45) is 0 Å². The van der Waals surface area contributed by atoms with Crippen molar-refractivity contribution in [1.29, 1.82) is 0 Å². The van der Waals surface area contributed by atoms with Gasteiger partial charge in [0.25, 0.3) is 5.91 Å². The molecule has 4 rings (SSSR count). The van der Waals surface area contributed by atoms with Crippen molar-refractivity contribution >= 4 is 5.91 Å². The number of hydrogen-bond acceptors (Lipinski definition) is 3. The zero-order valence-corrected chi connectivity index (χ0v) is 15.3. The van der Waals surface area contributed by atoms with Crippen molar-refractivity contribution in [2.45, 2.75) is 12.7 Å². The van der Waals surface area contributed by atoms with Gasteiger partial charge in [-0.3, -0.25) is 4.79 Å². The summed E-state index contributed by atoms with van der Waals surface area (Å²) >= 11 is 0. The Labute approximate surface area is 165 Å². The molecule has 0 saturated heterocycles. The van der Waals surface area contributed by atoms with E-state index in [1.54, 1.807) is 6.20 Å². The fourth-order valence-corrected chi connectivity index (χ4v) is 3.35. The van der Waals surface area contributed by atoms with Crippen molar-refractivity contribution in [2.75, 3.05) is 13.2 Å². The minimum atomic E-state index is -4.50. The number of fused-ring (bicyclic) bond motifs is 1. The smallest absolute Gasteiger partial charge is 0.416 e. The summed E-state index contributed by atoms with van der Waals surface area (Å²) in [7, 11) is 0. The van der Waals surface area contributed by atoms with Crippen molar-refractivity contribution < 1.29 is 22.7 Å². The summed E-state index contributed by atoms with van der Waals surface area (Å²) in [6.45, 7) is 0.658. The number of hydrogen-bond donors (Lipinski definition) is 0. The van der Waals surface area contributed by atoms with E-state index in [1.165, 1.54) is 17.0 Å². The van der Waals surface area contributed by atoms with Crippen molar-refractivity contribution in [3.63, 3.8) is 0 Å². The van der Waals surface area contributed by atoms with Gasteiger partial charge in [0.1, 0.15) is 6.61 Å². The molecule has 1 amide bonds. The van der Waals surface area contributed by atoms with Gasteiger partial charge in [-0.25, -0.2) is 4.98 Å². The van der Waals surface area contributed by atoms with Crippen molar-refractivity contribution in [1.82, 2.24) is 9.88 Å². The number of aromatic nitrogens is 1. The van der Waals surface area contributed by atoms with Gasteiger partial charge in [-0.05, 0) is 35.4 Å². The van der Waals surface area contributed by atoms with Crippen LogP contribution in [0.25, 0.3) is 11.1 Å². The summed E-state index contributed by atoms with van der Waals surface area (Å²) in [4.78, 5) is 18.7. The lowest BCUT2D eigenvalue weighted by Gasteiger charge is -2.21. The van der Waals surface area contributed by atoms with Crippen LogP contribution >= 0.6 is 0 Å². The van der Waals surface area contributed by atoms with E-state index in [2.05, 4.69) is 4.98 Å². The van der Waals surface area contributed by atoms with Gasteiger partial charge in [-0.2, -0.15) is 13.2 Å². The number of halogens is 3. The maximum atomic E-state index is 13.0. The first-order valence-corrected chi connectivity index (χ1v) is 9.06. The summed E-state index contributed by atoms with van der Waals surface area (Å²) in [6.07, 6.45) is -2.86. The highest BCUT2D eigenvalue weighted by Gasteiger charge is 2.32. The number of ether oxygens (including phenoxy) is 1. The van der Waals surface area contributed by atoms with Gasteiger partial charge < -0.3 is 9.64 Å². The van der Waals surface area contributed by atoms with Crippen LogP contribution in [0, 0.1) is 0 Å². The second-order valence-electron chi connectivity index (χ2n) is 6.66. The number of rotatable bonds is 2. The first kappa shape index (κ1) is 19.0. The molecule has 0 radical (unpaired) electrons. The zero-order valence-electron chi connectivity index (χ0n) is 15.3. The van der Waals surface area contributed by atoms with E-state index in [1.807, 2.05) is 36.4 Å². The fourth-order valence-electron chi connectivity index (χ4n) is 3.35. The van der Waals surface area contributed by atoms with Crippen LogP contribution in [0.1, 0.15) is 21.5 Å². The first-order valence-electron chi connectivity index (χ1n) is 9.06. The Balaban J connectivity index is 1.68. The lowest BCUT2D eigenvalue weighted by Crippen LogP contribution is -2.32. The van der Waals surface area contributed by atoms with E-state index in [4.69, 9.17) is 4.74 Å². The lowest BCUT2D eigenvalue weighted by atomic mass is 10.0. The third-order valence-electron chi connectivity index (χ3n) is 4.77. The second kappa shape index (κ2) is 7.58. The highest BCUT2D eigenvalue weighted by molar-refractivity contribution is 5.94. The van der Waals surface area contributed by atoms with Gasteiger partial charge in [0.15, 0.2) is 0 Å². The molecule has 1 aliphatic rings. The Morgan fingerprint density at radius 2 is 1.83 bits per heavy atom. The Morgan fingerprint density at radius 1 is 1.03 bits per heavy atom. The molecular formula is C22H17F3N2O2. The third kappa shape index (κ3) is 3.94. The molecule has 0 spiro atoms. The van der Waals surface area contributed by atoms with Crippen LogP contribution in [0.2, 0.25) is 0 Å². The summed E-state index contributed by atoms with van der Waals surface area (Å²) in [5, 5.41) is 0. The van der Waals surface area contributed by atoms with Gasteiger partial charge >= 0.3 is 6.18 Å². The largest absolute Gasteiger partial charge is 0.476 e. The summed E-state index contributed by atoms with van der Waals surface area (Å²) in [5.74, 6) is -0.0406. The number of pyridine rings is 1. The van der Waals surface area contributed by atoms with Crippen LogP contribution in [-0.4, -0.2) is 28.9 Å². The van der Waals surface area contributed by atoms with Crippen LogP contribution in [0.3, 0.4) is 0 Å². The minimum absolute atomic E-state index is 0.00609. The van der Waals surface area contributed by atoms with Crippen LogP contribution in [0.5, 0.6) is 5.88 Å². The van der Waals surface area contributed by atoms with Gasteiger partial charge in [0, 0.05) is 17.3 Å². The van der Waals surface area contributed by atoms with E-state index in [0.29, 0.717) is 5.88 Å². The SMILES string of the molecule is O=C(c1cccc(C(F)(F)F)c1)N1CCOc2nccc(-c3ccccc3)c2C1. The molecule has 148 valence electrons. The average Bonchev–Trinajstić information content (AvgIpc) is 2.96. The molecule has 0 unspecified atom stereocenters. The van der Waals surface area contributed by atoms with Crippen molar-refractivity contribution in [3.05, 3.63) is 83.6 Å². The molecule has 0 aliphatic carbocycles. The van der Waals surface area contributed by atoms with Gasteiger partial charge in [-0.15, -0.1) is 0 Å². The molecule has 0 N–H and O–H groups in total. The molecule has 0 atom stereocenters. The Hall–Kier alpha value is -3.35. The molecule has 2 heterocycles. The van der Waals surface area contributed by atoms with E-state index in [-0.39, 0.29) is 25.3 Å². The minimum Gasteiger partial charge on any atom is -0.476 e. The molecule has 2 aromatic carbocycles. The zero-order chi connectivity index (χ0) is 20.4. The number of benzene rings is 2. The van der Waals surface area contributed by atoms with Crippen molar-refractivity contribution in [3.8, 4) is 17.0 Å². The predicted molar refractivity (Wildman–Crippen MR) is 101 cm³/mol. The number of nitrogens with zero attached hydrogens (tertiary/aromatic N) is 2. The van der Waals surface area contributed by atoms with E-state index in [9.17, 15) is 18.0 Å². The van der Waals surface area contributed by atoms with E-state index < -0.39 is 17.6 Å². The Morgan fingerprint density at radius 3 is 2.59 bits per heavy atom. The number of alkyl halides is 3. The monoisotopic (exact) mass is 398 g/mol. The standard InChI is InChI=1S/C22H17F3N2O2/c23-22(24,25)17-8-4-7-16(13-17)21(28)27-11-12-29-20-19(14-27)18(9-10-26-20)15-5-2-1-3-6-15/h1-10,13H,11-12,14H2. The van der Waals surface area contributed by atoms with Gasteiger partial charge in [0.05, 0.1) is 18.7 Å². The highest BCUT2D eigenvalue weighted by atomic mass is 19.4. The topological polar surface area (TPSA) is 42.4 Å². The molecule has 7 heteroatoms. The normalized spacial score (nSPS) is 14.0. The molecule has 1 aromatic heterocycles. The van der Waals surface area contributed by atoms with Gasteiger partial charge in [0.2, 0.25) is 5.88 Å². The van der Waals surface area contributed by atoms with E-state index >= 15 is 0 Å². The molecule has 0 fully saturated rings. The Kier molecular flexibility index (Phi) is 4.96. The first-order chi connectivity index (χ1) is 13.9. The number of amides is 1. The van der Waals surface area contributed by atoms with Crippen LogP contribution < -0.4 is 4.74 Å². The van der Waals surface area contributed by atoms with Crippen LogP contribution in [0.4, 0.5) is 13.2 Å². The number of carbonyl (C=O) groups excluding carboxylic acids is 1. The summed E-state index contributed by atoms with van der Waals surface area (Å²) in [6, 6.07) is 15.9. The third-order valence-corrected chi connectivity index (χ3v) is 4.77. The maximum absolute atomic E-state index is 13.0. The van der Waals surface area contributed by atoms with Gasteiger partial charge in [-0.1, -0.05) is 36.4 Å². The molecular weight excluding hydrogens is 381 g/mol. The molecule has 0 saturated carbocycles. The lowest BCUT2D eigenvalue weighted by molar-refractivity contribution is -0.137. The molecule has 1 aliphatic heterocycles. The molecule has 0 bridgehead atoms. The predicted octanol–water partition coefficient (Wildman–Crippen LogP) is 4.80. The number of carbonyl (C=O) groups is 1. The quantitative estimate of drug-likeness (QED) is 0.623. The second-order valence-corrected chi connectivity index (χ2v) is 6.66. The maximum Gasteiger partial charge on any atom is 0.416 e. The summed E-state index contributed by atoms with van der Waals surface area (Å²) < 4.78 is 44.8. The van der Waals surface area contributed by atoms with Crippen LogP contribution in [-0.2, 0) is 12.7 Å². The highest BCUT2D eigenvalue weighted by Crippen LogP contribution is 2.33. The average molecular weight is 398 g/mol. The van der Waals surface area contributed by atoms with Crippen LogP contribution in [0.15, 0.2) is 66.9 Å².